The van der Waals surface area contributed by atoms with Crippen LogP contribution in [-0.4, -0.2) is 35.5 Å². The molecule has 9 heteroatoms. The molecule has 1 aromatic carbocycles. The highest BCUT2D eigenvalue weighted by Crippen LogP contribution is 2.23. The van der Waals surface area contributed by atoms with E-state index in [4.69, 9.17) is 5.73 Å². The first-order chi connectivity index (χ1) is 11.9. The average Bonchev–Trinajstić information content (AvgIpc) is 3.25. The number of benzene rings is 1. The summed E-state index contributed by atoms with van der Waals surface area (Å²) in [6, 6.07) is 10.8. The molecule has 0 fully saturated rings. The fourth-order valence-corrected chi connectivity index (χ4v) is 4.54. The van der Waals surface area contributed by atoms with Crippen LogP contribution in [0.25, 0.3) is 5.69 Å². The number of aromatic nitrogens is 2. The number of carbonyl (C=O) groups is 1. The zero-order valence-corrected chi connectivity index (χ0v) is 15.0. The van der Waals surface area contributed by atoms with Gasteiger partial charge in [0.1, 0.15) is 0 Å². The molecule has 130 valence electrons. The van der Waals surface area contributed by atoms with Crippen molar-refractivity contribution in [1.82, 2.24) is 14.1 Å². The van der Waals surface area contributed by atoms with Crippen molar-refractivity contribution in [1.29, 1.82) is 0 Å². The van der Waals surface area contributed by atoms with Crippen LogP contribution in [-0.2, 0) is 16.6 Å². The van der Waals surface area contributed by atoms with Gasteiger partial charge in [0.15, 0.2) is 0 Å². The van der Waals surface area contributed by atoms with Gasteiger partial charge >= 0.3 is 0 Å². The van der Waals surface area contributed by atoms with Gasteiger partial charge in [0.2, 0.25) is 10.0 Å². The highest BCUT2D eigenvalue weighted by atomic mass is 32.2. The minimum atomic E-state index is -3.71. The first-order valence-corrected chi connectivity index (χ1v) is 9.63. The fourth-order valence-electron chi connectivity index (χ4n) is 2.27. The second-order valence-electron chi connectivity index (χ2n) is 5.40. The van der Waals surface area contributed by atoms with E-state index in [1.54, 1.807) is 17.1 Å². The summed E-state index contributed by atoms with van der Waals surface area (Å²) in [6.07, 6.45) is 3.41. The zero-order valence-electron chi connectivity index (χ0n) is 13.4. The van der Waals surface area contributed by atoms with Gasteiger partial charge in [-0.05, 0) is 18.2 Å². The number of nitrogens with zero attached hydrogens (tertiary/aromatic N) is 3. The third-order valence-electron chi connectivity index (χ3n) is 3.59. The Kier molecular flexibility index (Phi) is 4.71. The SMILES string of the molecule is CN(Cc1cnn(-c2ccccc2)c1)S(=O)(=O)c1csc(C(N)=O)c1. The monoisotopic (exact) mass is 376 g/mol. The molecular weight excluding hydrogens is 360 g/mol. The molecule has 2 heterocycles. The summed E-state index contributed by atoms with van der Waals surface area (Å²) in [5.74, 6) is -0.641. The Balaban J connectivity index is 1.78. The normalized spacial score (nSPS) is 11.8. The van der Waals surface area contributed by atoms with Crippen molar-refractivity contribution in [2.45, 2.75) is 11.4 Å². The number of amides is 1. The summed E-state index contributed by atoms with van der Waals surface area (Å²) in [7, 11) is -2.22. The van der Waals surface area contributed by atoms with E-state index in [1.807, 2.05) is 30.3 Å². The van der Waals surface area contributed by atoms with Crippen LogP contribution in [0.4, 0.5) is 0 Å². The van der Waals surface area contributed by atoms with Gasteiger partial charge in [0, 0.05) is 30.7 Å². The van der Waals surface area contributed by atoms with Crippen molar-refractivity contribution in [3.05, 3.63) is 64.6 Å². The Hall–Kier alpha value is -2.49. The summed E-state index contributed by atoms with van der Waals surface area (Å²) in [4.78, 5) is 11.4. The molecule has 0 unspecified atom stereocenters. The standard InChI is InChI=1S/C16H16N4O3S2/c1-19(25(22,23)14-7-15(16(17)21)24-11-14)9-12-8-18-20(10-12)13-5-3-2-4-6-13/h2-8,10-11H,9H2,1H3,(H2,17,21). The molecular formula is C16H16N4O3S2. The van der Waals surface area contributed by atoms with E-state index in [1.165, 1.54) is 22.8 Å². The fraction of sp³-hybridized carbons (Fsp3) is 0.125. The Morgan fingerprint density at radius 2 is 2.04 bits per heavy atom. The summed E-state index contributed by atoms with van der Waals surface area (Å²) >= 11 is 1.01. The van der Waals surface area contributed by atoms with Gasteiger partial charge in [0.05, 0.1) is 21.7 Å². The number of hydrogen-bond donors (Lipinski definition) is 1. The first-order valence-electron chi connectivity index (χ1n) is 7.31. The third-order valence-corrected chi connectivity index (χ3v) is 6.46. The van der Waals surface area contributed by atoms with Crippen LogP contribution in [0.15, 0.2) is 59.1 Å². The van der Waals surface area contributed by atoms with Crippen LogP contribution in [0.2, 0.25) is 0 Å². The molecule has 0 saturated heterocycles. The Labute approximate surface area is 149 Å². The zero-order chi connectivity index (χ0) is 18.0. The van der Waals surface area contributed by atoms with Crippen LogP contribution in [0, 0.1) is 0 Å². The summed E-state index contributed by atoms with van der Waals surface area (Å²) in [6.45, 7) is 0.164. The third kappa shape index (κ3) is 3.63. The second kappa shape index (κ2) is 6.79. The molecule has 0 atom stereocenters. The van der Waals surface area contributed by atoms with Crippen molar-refractivity contribution >= 4 is 27.3 Å². The van der Waals surface area contributed by atoms with Crippen LogP contribution in [0.3, 0.4) is 0 Å². The van der Waals surface area contributed by atoms with E-state index in [0.717, 1.165) is 22.6 Å². The lowest BCUT2D eigenvalue weighted by Crippen LogP contribution is -2.26. The van der Waals surface area contributed by atoms with Crippen molar-refractivity contribution in [2.24, 2.45) is 5.73 Å². The first kappa shape index (κ1) is 17.3. The predicted molar refractivity (Wildman–Crippen MR) is 95.1 cm³/mol. The molecule has 0 aliphatic rings. The molecule has 3 rings (SSSR count). The van der Waals surface area contributed by atoms with Crippen LogP contribution in [0.1, 0.15) is 15.2 Å². The summed E-state index contributed by atoms with van der Waals surface area (Å²) in [5, 5.41) is 5.67. The molecule has 0 spiro atoms. The Morgan fingerprint density at radius 3 is 2.68 bits per heavy atom. The number of primary amides is 1. The van der Waals surface area contributed by atoms with Crippen LogP contribution >= 0.6 is 11.3 Å². The van der Waals surface area contributed by atoms with Gasteiger partial charge in [-0.25, -0.2) is 13.1 Å². The molecule has 2 aromatic heterocycles. The van der Waals surface area contributed by atoms with E-state index in [0.29, 0.717) is 0 Å². The van der Waals surface area contributed by atoms with E-state index < -0.39 is 15.9 Å². The molecule has 0 saturated carbocycles. The second-order valence-corrected chi connectivity index (χ2v) is 8.36. The number of rotatable bonds is 6. The number of carbonyl (C=O) groups excluding carboxylic acids is 1. The van der Waals surface area contributed by atoms with E-state index in [-0.39, 0.29) is 16.3 Å². The van der Waals surface area contributed by atoms with Crippen molar-refractivity contribution < 1.29 is 13.2 Å². The van der Waals surface area contributed by atoms with Gasteiger partial charge in [-0.15, -0.1) is 11.3 Å². The minimum Gasteiger partial charge on any atom is -0.365 e. The maximum atomic E-state index is 12.6. The molecule has 0 radical (unpaired) electrons. The smallest absolute Gasteiger partial charge is 0.258 e. The highest BCUT2D eigenvalue weighted by molar-refractivity contribution is 7.89. The Bertz CT molecular complexity index is 993. The number of hydrogen-bond acceptors (Lipinski definition) is 5. The molecule has 0 bridgehead atoms. The topological polar surface area (TPSA) is 98.3 Å². The molecule has 2 N–H and O–H groups in total. The van der Waals surface area contributed by atoms with Crippen molar-refractivity contribution in [2.75, 3.05) is 7.05 Å². The maximum absolute atomic E-state index is 12.6. The molecule has 25 heavy (non-hydrogen) atoms. The number of nitrogens with two attached hydrogens (primary N) is 1. The Morgan fingerprint density at radius 1 is 1.32 bits per heavy atom. The number of para-hydroxylation sites is 1. The molecule has 0 aliphatic carbocycles. The quantitative estimate of drug-likeness (QED) is 0.710. The number of thiophene rings is 1. The predicted octanol–water partition coefficient (Wildman–Crippen LogP) is 1.85. The van der Waals surface area contributed by atoms with Gasteiger partial charge in [-0.1, -0.05) is 18.2 Å². The van der Waals surface area contributed by atoms with Gasteiger partial charge in [0.25, 0.3) is 5.91 Å². The molecule has 3 aromatic rings. The highest BCUT2D eigenvalue weighted by Gasteiger charge is 2.23. The van der Waals surface area contributed by atoms with Gasteiger partial charge in [-0.2, -0.15) is 9.40 Å². The molecule has 1 amide bonds. The van der Waals surface area contributed by atoms with Crippen LogP contribution < -0.4 is 5.73 Å². The van der Waals surface area contributed by atoms with Crippen LogP contribution in [0.5, 0.6) is 0 Å². The van der Waals surface area contributed by atoms with Gasteiger partial charge in [-0.3, -0.25) is 4.79 Å². The van der Waals surface area contributed by atoms with Crippen molar-refractivity contribution in [3.8, 4) is 5.69 Å². The lowest BCUT2D eigenvalue weighted by Gasteiger charge is -2.15. The maximum Gasteiger partial charge on any atom is 0.258 e. The largest absolute Gasteiger partial charge is 0.365 e. The lowest BCUT2D eigenvalue weighted by molar-refractivity contribution is 0.100. The van der Waals surface area contributed by atoms with E-state index in [9.17, 15) is 13.2 Å². The lowest BCUT2D eigenvalue weighted by atomic mass is 10.3. The van der Waals surface area contributed by atoms with E-state index >= 15 is 0 Å². The van der Waals surface area contributed by atoms with E-state index in [2.05, 4.69) is 5.10 Å². The van der Waals surface area contributed by atoms with Crippen molar-refractivity contribution in [3.63, 3.8) is 0 Å². The molecule has 7 nitrogen and oxygen atoms in total. The summed E-state index contributed by atoms with van der Waals surface area (Å²) in [5.41, 5.74) is 6.82. The number of sulfonamides is 1. The average molecular weight is 376 g/mol. The van der Waals surface area contributed by atoms with Gasteiger partial charge < -0.3 is 5.73 Å². The molecule has 0 aliphatic heterocycles. The minimum absolute atomic E-state index is 0.0595. The summed E-state index contributed by atoms with van der Waals surface area (Å²) < 4.78 is 28.1.